The van der Waals surface area contributed by atoms with Gasteiger partial charge in [-0.2, -0.15) is 0 Å². The van der Waals surface area contributed by atoms with Gasteiger partial charge < -0.3 is 9.47 Å². The summed E-state index contributed by atoms with van der Waals surface area (Å²) >= 11 is 0. The summed E-state index contributed by atoms with van der Waals surface area (Å²) < 4.78 is 13.9. The van der Waals surface area contributed by atoms with Crippen LogP contribution in [0.1, 0.15) is 12.7 Å². The maximum Gasteiger partial charge on any atom is 0.508 e. The van der Waals surface area contributed by atoms with Gasteiger partial charge in [-0.25, -0.2) is 13.9 Å². The van der Waals surface area contributed by atoms with E-state index < -0.39 is 6.16 Å². The standard InChI is InChI=1S/C10H15N2O3/c1-3-12-5-4-11(2)9(12)6-8-7-14-10(13)15-8/h4-5,8H,3,6-7H2,1-2H3/q+1. The van der Waals surface area contributed by atoms with Gasteiger partial charge in [-0.1, -0.05) is 0 Å². The molecule has 0 N–H and O–H groups in total. The summed E-state index contributed by atoms with van der Waals surface area (Å²) in [7, 11) is 1.99. The lowest BCUT2D eigenvalue weighted by Gasteiger charge is -2.04. The summed E-state index contributed by atoms with van der Waals surface area (Å²) in [6, 6.07) is 0. The molecule has 15 heavy (non-hydrogen) atoms. The fraction of sp³-hybridized carbons (Fsp3) is 0.600. The van der Waals surface area contributed by atoms with Crippen molar-refractivity contribution in [2.24, 2.45) is 7.05 Å². The van der Waals surface area contributed by atoms with Gasteiger partial charge >= 0.3 is 6.16 Å². The first-order chi connectivity index (χ1) is 7.20. The summed E-state index contributed by atoms with van der Waals surface area (Å²) in [5.74, 6) is 1.14. The number of carbonyl (C=O) groups is 1. The van der Waals surface area contributed by atoms with E-state index in [4.69, 9.17) is 9.47 Å². The molecule has 1 unspecified atom stereocenters. The molecule has 0 aromatic carbocycles. The maximum absolute atomic E-state index is 10.8. The van der Waals surface area contributed by atoms with Crippen molar-refractivity contribution in [3.05, 3.63) is 18.2 Å². The number of cyclic esters (lactones) is 2. The van der Waals surface area contributed by atoms with Crippen molar-refractivity contribution in [3.8, 4) is 0 Å². The third kappa shape index (κ3) is 1.95. The van der Waals surface area contributed by atoms with E-state index in [9.17, 15) is 4.79 Å². The molecule has 1 fully saturated rings. The summed E-state index contributed by atoms with van der Waals surface area (Å²) in [6.07, 6.45) is 4.01. The molecule has 0 radical (unpaired) electrons. The minimum atomic E-state index is -0.558. The third-order valence-electron chi connectivity index (χ3n) is 2.61. The molecule has 1 atom stereocenters. The Morgan fingerprint density at radius 3 is 3.07 bits per heavy atom. The largest absolute Gasteiger partial charge is 0.508 e. The Labute approximate surface area is 88.2 Å². The number of ether oxygens (including phenoxy) is 2. The molecule has 82 valence electrons. The fourth-order valence-corrected chi connectivity index (χ4v) is 1.77. The van der Waals surface area contributed by atoms with E-state index in [1.165, 1.54) is 0 Å². The Balaban J connectivity index is 2.09. The van der Waals surface area contributed by atoms with Crippen LogP contribution in [0.2, 0.25) is 0 Å². The zero-order chi connectivity index (χ0) is 10.8. The van der Waals surface area contributed by atoms with Crippen molar-refractivity contribution >= 4 is 6.16 Å². The van der Waals surface area contributed by atoms with Gasteiger partial charge in [0.25, 0.3) is 5.82 Å². The Kier molecular flexibility index (Phi) is 2.62. The van der Waals surface area contributed by atoms with E-state index in [0.717, 1.165) is 12.4 Å². The molecule has 5 nitrogen and oxygen atoms in total. The summed E-state index contributed by atoms with van der Waals surface area (Å²) in [5.41, 5.74) is 0. The van der Waals surface area contributed by atoms with Crippen LogP contribution in [0.4, 0.5) is 4.79 Å². The molecule has 2 heterocycles. The lowest BCUT2D eigenvalue weighted by molar-refractivity contribution is -0.679. The first-order valence-electron chi connectivity index (χ1n) is 5.07. The Hall–Kier alpha value is -1.52. The van der Waals surface area contributed by atoms with Crippen LogP contribution in [0, 0.1) is 0 Å². The SMILES string of the molecule is CCn1cc[n+](C)c1CC1COC(=O)O1. The molecule has 0 spiro atoms. The van der Waals surface area contributed by atoms with Crippen molar-refractivity contribution in [2.45, 2.75) is 26.0 Å². The average Bonchev–Trinajstić information content (AvgIpc) is 2.76. The van der Waals surface area contributed by atoms with E-state index in [0.29, 0.717) is 13.0 Å². The van der Waals surface area contributed by atoms with Crippen molar-refractivity contribution in [3.63, 3.8) is 0 Å². The lowest BCUT2D eigenvalue weighted by atomic mass is 10.2. The molecular weight excluding hydrogens is 196 g/mol. The number of imidazole rings is 1. The van der Waals surface area contributed by atoms with Gasteiger partial charge in [-0.3, -0.25) is 0 Å². The number of carbonyl (C=O) groups excluding carboxylic acids is 1. The van der Waals surface area contributed by atoms with Gasteiger partial charge in [0.15, 0.2) is 6.10 Å². The molecule has 5 heteroatoms. The molecule has 2 rings (SSSR count). The average molecular weight is 211 g/mol. The smallest absolute Gasteiger partial charge is 0.430 e. The minimum Gasteiger partial charge on any atom is -0.430 e. The zero-order valence-corrected chi connectivity index (χ0v) is 8.97. The first kappa shape index (κ1) is 10.0. The van der Waals surface area contributed by atoms with Gasteiger partial charge in [-0.05, 0) is 6.92 Å². The van der Waals surface area contributed by atoms with Crippen LogP contribution in [-0.2, 0) is 29.5 Å². The molecule has 1 saturated heterocycles. The van der Waals surface area contributed by atoms with Crippen LogP contribution in [0.15, 0.2) is 12.4 Å². The van der Waals surface area contributed by atoms with Gasteiger partial charge in [0, 0.05) is 0 Å². The van der Waals surface area contributed by atoms with Gasteiger partial charge in [0.1, 0.15) is 19.0 Å². The molecule has 1 aromatic heterocycles. The minimum absolute atomic E-state index is 0.149. The first-order valence-corrected chi connectivity index (χ1v) is 5.07. The van der Waals surface area contributed by atoms with E-state index >= 15 is 0 Å². The number of aromatic nitrogens is 2. The molecule has 0 bridgehead atoms. The highest BCUT2D eigenvalue weighted by Gasteiger charge is 2.29. The molecule has 1 aromatic rings. The highest BCUT2D eigenvalue weighted by Crippen LogP contribution is 2.10. The lowest BCUT2D eigenvalue weighted by Crippen LogP contribution is -2.35. The summed E-state index contributed by atoms with van der Waals surface area (Å²) in [5, 5.41) is 0. The number of aryl methyl sites for hydroxylation is 2. The van der Waals surface area contributed by atoms with Crippen molar-refractivity contribution in [1.82, 2.24) is 4.57 Å². The quantitative estimate of drug-likeness (QED) is 0.537. The molecular formula is C10H15N2O3+. The Bertz CT molecular complexity index is 373. The Morgan fingerprint density at radius 2 is 2.47 bits per heavy atom. The Morgan fingerprint density at radius 1 is 1.67 bits per heavy atom. The molecule has 0 amide bonds. The predicted molar refractivity (Wildman–Crippen MR) is 51.2 cm³/mol. The molecule has 0 saturated carbocycles. The van der Waals surface area contributed by atoms with Gasteiger partial charge in [0.05, 0.1) is 20.0 Å². The van der Waals surface area contributed by atoms with E-state index in [2.05, 4.69) is 11.5 Å². The van der Waals surface area contributed by atoms with Crippen LogP contribution in [0.5, 0.6) is 0 Å². The number of nitrogens with zero attached hydrogens (tertiary/aromatic N) is 2. The molecule has 1 aliphatic rings. The van der Waals surface area contributed by atoms with Gasteiger partial charge in [-0.15, -0.1) is 0 Å². The maximum atomic E-state index is 10.8. The molecule has 0 aliphatic carbocycles. The fourth-order valence-electron chi connectivity index (χ4n) is 1.77. The van der Waals surface area contributed by atoms with Crippen molar-refractivity contribution in [2.75, 3.05) is 6.61 Å². The zero-order valence-electron chi connectivity index (χ0n) is 8.97. The number of hydrogen-bond donors (Lipinski definition) is 0. The highest BCUT2D eigenvalue weighted by molar-refractivity contribution is 5.61. The van der Waals surface area contributed by atoms with Crippen molar-refractivity contribution < 1.29 is 18.8 Å². The van der Waals surface area contributed by atoms with E-state index in [-0.39, 0.29) is 6.10 Å². The second-order valence-corrected chi connectivity index (χ2v) is 3.62. The van der Waals surface area contributed by atoms with Gasteiger partial charge in [0.2, 0.25) is 0 Å². The second kappa shape index (κ2) is 3.92. The number of rotatable bonds is 3. The van der Waals surface area contributed by atoms with Crippen LogP contribution in [0.3, 0.4) is 0 Å². The summed E-state index contributed by atoms with van der Waals surface area (Å²) in [6.45, 7) is 3.35. The van der Waals surface area contributed by atoms with Crippen LogP contribution >= 0.6 is 0 Å². The van der Waals surface area contributed by atoms with Crippen molar-refractivity contribution in [1.29, 1.82) is 0 Å². The van der Waals surface area contributed by atoms with E-state index in [1.807, 2.05) is 24.0 Å². The van der Waals surface area contributed by atoms with Crippen LogP contribution in [-0.4, -0.2) is 23.4 Å². The van der Waals surface area contributed by atoms with E-state index in [1.54, 1.807) is 0 Å². The predicted octanol–water partition coefficient (Wildman–Crippen LogP) is 0.410. The normalized spacial score (nSPS) is 20.1. The van der Waals surface area contributed by atoms with Crippen LogP contribution in [0.25, 0.3) is 0 Å². The number of hydrogen-bond acceptors (Lipinski definition) is 3. The third-order valence-corrected chi connectivity index (χ3v) is 2.61. The monoisotopic (exact) mass is 211 g/mol. The highest BCUT2D eigenvalue weighted by atomic mass is 16.8. The summed E-state index contributed by atoms with van der Waals surface area (Å²) in [4.78, 5) is 10.8. The topological polar surface area (TPSA) is 44.3 Å². The van der Waals surface area contributed by atoms with Crippen LogP contribution < -0.4 is 4.57 Å². The molecule has 1 aliphatic heterocycles. The second-order valence-electron chi connectivity index (χ2n) is 3.62.